The molecule has 0 bridgehead atoms. The lowest BCUT2D eigenvalue weighted by Gasteiger charge is -2.31. The van der Waals surface area contributed by atoms with Crippen LogP contribution in [-0.2, 0) is 19.6 Å². The van der Waals surface area contributed by atoms with Crippen LogP contribution in [0.1, 0.15) is 38.0 Å². The van der Waals surface area contributed by atoms with E-state index < -0.39 is 22.0 Å². The van der Waals surface area contributed by atoms with E-state index in [1.54, 1.807) is 19.2 Å². The number of sulfonamides is 1. The van der Waals surface area contributed by atoms with E-state index in [2.05, 4.69) is 10.6 Å². The first kappa shape index (κ1) is 21.8. The van der Waals surface area contributed by atoms with Gasteiger partial charge in [-0.3, -0.25) is 9.59 Å². The van der Waals surface area contributed by atoms with Gasteiger partial charge in [-0.1, -0.05) is 13.8 Å². The maximum Gasteiger partial charge on any atom is 0.252 e. The molecule has 1 aliphatic heterocycles. The fourth-order valence-electron chi connectivity index (χ4n) is 3.22. The Labute approximate surface area is 165 Å². The number of carbonyl (C=O) groups is 2. The first-order valence-corrected chi connectivity index (χ1v) is 11.5. The molecule has 7 nitrogen and oxygen atoms in total. The van der Waals surface area contributed by atoms with Crippen molar-refractivity contribution in [3.8, 4) is 0 Å². The zero-order chi connectivity index (χ0) is 20.2. The minimum Gasteiger partial charge on any atom is -0.357 e. The number of carbonyl (C=O) groups excluding carboxylic acids is 2. The van der Waals surface area contributed by atoms with Gasteiger partial charge in [0.15, 0.2) is 0 Å². The molecule has 2 N–H and O–H groups in total. The molecule has 2 atom stereocenters. The number of aryl methyl sites for hydroxylation is 1. The number of hydrogen-bond acceptors (Lipinski definition) is 5. The van der Waals surface area contributed by atoms with E-state index in [4.69, 9.17) is 0 Å². The van der Waals surface area contributed by atoms with Crippen LogP contribution in [0.25, 0.3) is 0 Å². The Morgan fingerprint density at radius 3 is 2.59 bits per heavy atom. The summed E-state index contributed by atoms with van der Waals surface area (Å²) in [7, 11) is -2.04. The Morgan fingerprint density at radius 1 is 1.33 bits per heavy atom. The molecule has 0 aliphatic carbocycles. The normalized spacial score (nSPS) is 19.7. The molecule has 1 saturated heterocycles. The van der Waals surface area contributed by atoms with Crippen molar-refractivity contribution in [3.05, 3.63) is 17.0 Å². The van der Waals surface area contributed by atoms with Crippen LogP contribution in [0.3, 0.4) is 0 Å². The van der Waals surface area contributed by atoms with E-state index in [0.717, 1.165) is 4.88 Å². The summed E-state index contributed by atoms with van der Waals surface area (Å²) in [4.78, 5) is 25.7. The van der Waals surface area contributed by atoms with Crippen LogP contribution < -0.4 is 10.6 Å². The predicted octanol–water partition coefficient (Wildman–Crippen LogP) is 1.73. The van der Waals surface area contributed by atoms with Crippen molar-refractivity contribution >= 4 is 33.2 Å². The number of hydrogen-bond donors (Lipinski definition) is 2. The van der Waals surface area contributed by atoms with Crippen molar-refractivity contribution < 1.29 is 18.0 Å². The first-order chi connectivity index (χ1) is 12.6. The Bertz CT molecular complexity index is 773. The van der Waals surface area contributed by atoms with Crippen LogP contribution in [0, 0.1) is 18.8 Å². The fourth-order valence-corrected chi connectivity index (χ4v) is 6.18. The van der Waals surface area contributed by atoms with Gasteiger partial charge in [-0.25, -0.2) is 8.42 Å². The van der Waals surface area contributed by atoms with Crippen molar-refractivity contribution in [3.63, 3.8) is 0 Å². The molecular weight excluding hydrogens is 386 g/mol. The molecule has 0 radical (unpaired) electrons. The Kier molecular flexibility index (Phi) is 7.41. The third kappa shape index (κ3) is 5.52. The van der Waals surface area contributed by atoms with Crippen molar-refractivity contribution in [2.45, 2.75) is 50.3 Å². The monoisotopic (exact) mass is 415 g/mol. The fraction of sp³-hybridized carbons (Fsp3) is 0.667. The Balaban J connectivity index is 2.08. The lowest BCUT2D eigenvalue weighted by molar-refractivity contribution is -0.132. The molecule has 0 spiro atoms. The molecular formula is C18H29N3O4S2. The van der Waals surface area contributed by atoms with Crippen molar-refractivity contribution in [2.24, 2.45) is 11.8 Å². The van der Waals surface area contributed by atoms with Crippen molar-refractivity contribution in [1.82, 2.24) is 14.9 Å². The van der Waals surface area contributed by atoms with Gasteiger partial charge in [0, 0.05) is 25.0 Å². The molecule has 9 heteroatoms. The topological polar surface area (TPSA) is 95.6 Å². The number of likely N-dealkylation sites (N-methyl/N-ethyl adjacent to an activating group) is 1. The van der Waals surface area contributed by atoms with Gasteiger partial charge in [0.2, 0.25) is 11.8 Å². The van der Waals surface area contributed by atoms with Crippen LogP contribution in [0.2, 0.25) is 0 Å². The number of nitrogens with one attached hydrogen (secondary N) is 2. The number of nitrogens with zero attached hydrogens (tertiary/aromatic N) is 1. The van der Waals surface area contributed by atoms with Gasteiger partial charge in [0.05, 0.1) is 5.92 Å². The van der Waals surface area contributed by atoms with Gasteiger partial charge in [-0.2, -0.15) is 4.31 Å². The minimum atomic E-state index is -3.58. The molecule has 1 aromatic heterocycles. The third-order valence-corrected chi connectivity index (χ3v) is 7.98. The van der Waals surface area contributed by atoms with Crippen molar-refractivity contribution in [2.75, 3.05) is 20.1 Å². The van der Waals surface area contributed by atoms with E-state index in [0.29, 0.717) is 30.0 Å². The lowest BCUT2D eigenvalue weighted by atomic mass is 9.97. The van der Waals surface area contributed by atoms with Gasteiger partial charge in [0.25, 0.3) is 10.0 Å². The van der Waals surface area contributed by atoms with Gasteiger partial charge in [0.1, 0.15) is 10.3 Å². The molecule has 1 fully saturated rings. The molecule has 152 valence electrons. The second kappa shape index (κ2) is 9.16. The van der Waals surface area contributed by atoms with E-state index >= 15 is 0 Å². The summed E-state index contributed by atoms with van der Waals surface area (Å²) in [5.41, 5.74) is 0. The number of thiophene rings is 1. The van der Waals surface area contributed by atoms with Crippen LogP contribution in [0.15, 0.2) is 16.3 Å². The summed E-state index contributed by atoms with van der Waals surface area (Å²) in [5.74, 6) is -0.690. The van der Waals surface area contributed by atoms with E-state index in [1.807, 2.05) is 20.8 Å². The van der Waals surface area contributed by atoms with Crippen LogP contribution >= 0.6 is 11.3 Å². The quantitative estimate of drug-likeness (QED) is 0.709. The Morgan fingerprint density at radius 2 is 2.04 bits per heavy atom. The number of rotatable bonds is 7. The van der Waals surface area contributed by atoms with Crippen LogP contribution in [0.5, 0.6) is 0 Å². The summed E-state index contributed by atoms with van der Waals surface area (Å²) in [6, 6.07) is 2.80. The van der Waals surface area contributed by atoms with E-state index in [-0.39, 0.29) is 24.3 Å². The van der Waals surface area contributed by atoms with E-state index in [9.17, 15) is 18.0 Å². The highest BCUT2D eigenvalue weighted by Crippen LogP contribution is 2.28. The molecule has 2 rings (SSSR count). The summed E-state index contributed by atoms with van der Waals surface area (Å²) in [6.07, 6.45) is 1.77. The molecule has 1 aliphatic rings. The number of piperidine rings is 1. The average Bonchev–Trinajstić information content (AvgIpc) is 3.07. The summed E-state index contributed by atoms with van der Waals surface area (Å²) >= 11 is 1.24. The summed E-state index contributed by atoms with van der Waals surface area (Å²) < 4.78 is 27.4. The maximum absolute atomic E-state index is 12.8. The molecule has 27 heavy (non-hydrogen) atoms. The van der Waals surface area contributed by atoms with Gasteiger partial charge < -0.3 is 10.6 Å². The van der Waals surface area contributed by atoms with Gasteiger partial charge in [-0.05, 0) is 44.2 Å². The third-order valence-electron chi connectivity index (χ3n) is 4.65. The van der Waals surface area contributed by atoms with Crippen LogP contribution in [-0.4, -0.2) is 50.7 Å². The molecule has 0 saturated carbocycles. The van der Waals surface area contributed by atoms with Crippen molar-refractivity contribution in [1.29, 1.82) is 0 Å². The highest BCUT2D eigenvalue weighted by molar-refractivity contribution is 7.91. The zero-order valence-electron chi connectivity index (χ0n) is 16.3. The predicted molar refractivity (Wildman–Crippen MR) is 106 cm³/mol. The summed E-state index contributed by atoms with van der Waals surface area (Å²) in [5, 5.41) is 5.39. The SMILES string of the molecule is CNC(=O)C(CC(C)C)NC(=O)C1CCCN(S(=O)(=O)c2ccc(C)s2)C1. The highest BCUT2D eigenvalue weighted by atomic mass is 32.2. The van der Waals surface area contributed by atoms with Crippen LogP contribution in [0.4, 0.5) is 0 Å². The number of amides is 2. The maximum atomic E-state index is 12.8. The van der Waals surface area contributed by atoms with Gasteiger partial charge in [-0.15, -0.1) is 11.3 Å². The first-order valence-electron chi connectivity index (χ1n) is 9.23. The average molecular weight is 416 g/mol. The molecule has 1 aromatic rings. The summed E-state index contributed by atoms with van der Waals surface area (Å²) in [6.45, 7) is 6.39. The van der Waals surface area contributed by atoms with E-state index in [1.165, 1.54) is 15.6 Å². The Hall–Kier alpha value is -1.45. The second-order valence-corrected chi connectivity index (χ2v) is 10.8. The largest absolute Gasteiger partial charge is 0.357 e. The zero-order valence-corrected chi connectivity index (χ0v) is 18.0. The minimum absolute atomic E-state index is 0.146. The standard InChI is InChI=1S/C18H29N3O4S2/c1-12(2)10-15(18(23)19-4)20-17(22)14-6-5-9-21(11-14)27(24,25)16-8-7-13(3)26-16/h7-8,12,14-15H,5-6,9-11H2,1-4H3,(H,19,23)(H,20,22). The highest BCUT2D eigenvalue weighted by Gasteiger charge is 2.35. The molecule has 2 heterocycles. The molecule has 0 aromatic carbocycles. The lowest BCUT2D eigenvalue weighted by Crippen LogP contribution is -2.51. The smallest absolute Gasteiger partial charge is 0.252 e. The van der Waals surface area contributed by atoms with Gasteiger partial charge >= 0.3 is 0 Å². The second-order valence-electron chi connectivity index (χ2n) is 7.37. The molecule has 2 unspecified atom stereocenters. The molecule has 2 amide bonds.